The van der Waals surface area contributed by atoms with Gasteiger partial charge < -0.3 is 9.84 Å². The van der Waals surface area contributed by atoms with Gasteiger partial charge in [0.05, 0.1) is 12.1 Å². The van der Waals surface area contributed by atoms with Crippen LogP contribution in [-0.2, 0) is 11.2 Å². The maximum Gasteiger partial charge on any atom is 0.226 e. The topological polar surface area (TPSA) is 55.1 Å². The number of carbonyl (C=O) groups is 1. The number of nitrogens with zero attached hydrogens (tertiary/aromatic N) is 1. The molecule has 1 aliphatic rings. The van der Waals surface area contributed by atoms with Gasteiger partial charge in [-0.1, -0.05) is 48.3 Å². The van der Waals surface area contributed by atoms with Gasteiger partial charge >= 0.3 is 0 Å². The zero-order chi connectivity index (χ0) is 14.5. The fraction of sp³-hybridized carbons (Fsp3) is 0.412. The quantitative estimate of drug-likeness (QED) is 0.917. The summed E-state index contributed by atoms with van der Waals surface area (Å²) in [4.78, 5) is 11.9. The van der Waals surface area contributed by atoms with Gasteiger partial charge in [-0.05, 0) is 18.8 Å². The fourth-order valence-electron chi connectivity index (χ4n) is 2.83. The van der Waals surface area contributed by atoms with Crippen LogP contribution in [0.25, 0.3) is 11.3 Å². The molecule has 4 nitrogen and oxygen atoms in total. The highest BCUT2D eigenvalue weighted by atomic mass is 16.5. The molecule has 1 heterocycles. The number of rotatable bonds is 5. The second-order valence-electron chi connectivity index (χ2n) is 5.68. The van der Waals surface area contributed by atoms with E-state index in [1.54, 1.807) is 0 Å². The molecule has 1 aliphatic carbocycles. The Morgan fingerprint density at radius 1 is 1.24 bits per heavy atom. The Hall–Kier alpha value is -2.10. The lowest BCUT2D eigenvalue weighted by Crippen LogP contribution is -2.29. The van der Waals surface area contributed by atoms with Crippen molar-refractivity contribution in [3.05, 3.63) is 42.1 Å². The van der Waals surface area contributed by atoms with Crippen LogP contribution in [0.3, 0.4) is 0 Å². The van der Waals surface area contributed by atoms with Crippen molar-refractivity contribution < 1.29 is 9.32 Å². The normalized spacial score (nSPS) is 15.2. The highest BCUT2D eigenvalue weighted by molar-refractivity contribution is 5.78. The van der Waals surface area contributed by atoms with Crippen molar-refractivity contribution in [3.8, 4) is 11.3 Å². The molecule has 1 N–H and O–H groups in total. The van der Waals surface area contributed by atoms with Gasteiger partial charge in [-0.2, -0.15) is 0 Å². The molecule has 0 unspecified atom stereocenters. The molecule has 0 spiro atoms. The molecule has 110 valence electrons. The van der Waals surface area contributed by atoms with E-state index in [2.05, 4.69) is 10.5 Å². The molecule has 3 rings (SSSR count). The summed E-state index contributed by atoms with van der Waals surface area (Å²) in [6, 6.07) is 11.6. The largest absolute Gasteiger partial charge is 0.356 e. The number of aromatic nitrogens is 1. The van der Waals surface area contributed by atoms with Gasteiger partial charge in [-0.15, -0.1) is 0 Å². The van der Waals surface area contributed by atoms with Crippen molar-refractivity contribution in [1.82, 2.24) is 10.5 Å². The SMILES string of the molecule is O=C(Cc1cc(-c2ccccc2)on1)NCC1CCCC1. The molecule has 2 aromatic rings. The highest BCUT2D eigenvalue weighted by Crippen LogP contribution is 2.24. The summed E-state index contributed by atoms with van der Waals surface area (Å²) in [5.41, 5.74) is 1.65. The van der Waals surface area contributed by atoms with E-state index in [1.165, 1.54) is 25.7 Å². The standard InChI is InChI=1S/C17H20N2O2/c20-17(18-12-13-6-4-5-7-13)11-15-10-16(21-19-15)14-8-2-1-3-9-14/h1-3,8-10,13H,4-7,11-12H2,(H,18,20). The van der Waals surface area contributed by atoms with E-state index in [0.717, 1.165) is 12.1 Å². The van der Waals surface area contributed by atoms with E-state index in [1.807, 2.05) is 36.4 Å². The number of carbonyl (C=O) groups excluding carboxylic acids is 1. The van der Waals surface area contributed by atoms with Crippen molar-refractivity contribution in [2.24, 2.45) is 5.92 Å². The lowest BCUT2D eigenvalue weighted by Gasteiger charge is -2.09. The lowest BCUT2D eigenvalue weighted by molar-refractivity contribution is -0.120. The van der Waals surface area contributed by atoms with Crippen LogP contribution in [0.5, 0.6) is 0 Å². The van der Waals surface area contributed by atoms with Crippen molar-refractivity contribution in [2.45, 2.75) is 32.1 Å². The molecule has 1 saturated carbocycles. The van der Waals surface area contributed by atoms with Gasteiger partial charge in [-0.25, -0.2) is 0 Å². The first-order valence-corrected chi connectivity index (χ1v) is 7.59. The van der Waals surface area contributed by atoms with Crippen LogP contribution in [-0.4, -0.2) is 17.6 Å². The van der Waals surface area contributed by atoms with Crippen molar-refractivity contribution >= 4 is 5.91 Å². The molecule has 0 aliphatic heterocycles. The fourth-order valence-corrected chi connectivity index (χ4v) is 2.83. The van der Waals surface area contributed by atoms with E-state index in [4.69, 9.17) is 4.52 Å². The summed E-state index contributed by atoms with van der Waals surface area (Å²) in [5, 5.41) is 6.98. The second-order valence-corrected chi connectivity index (χ2v) is 5.68. The number of nitrogens with one attached hydrogen (secondary N) is 1. The number of amides is 1. The Morgan fingerprint density at radius 2 is 2.00 bits per heavy atom. The lowest BCUT2D eigenvalue weighted by atomic mass is 10.1. The average Bonchev–Trinajstić information content (AvgIpc) is 3.17. The van der Waals surface area contributed by atoms with Crippen LogP contribution in [0.4, 0.5) is 0 Å². The second kappa shape index (κ2) is 6.57. The van der Waals surface area contributed by atoms with Crippen molar-refractivity contribution in [2.75, 3.05) is 6.54 Å². The molecule has 0 bridgehead atoms. The van der Waals surface area contributed by atoms with E-state index in [9.17, 15) is 4.79 Å². The highest BCUT2D eigenvalue weighted by Gasteiger charge is 2.16. The first kappa shape index (κ1) is 13.9. The summed E-state index contributed by atoms with van der Waals surface area (Å²) in [6.45, 7) is 0.794. The van der Waals surface area contributed by atoms with Crippen LogP contribution >= 0.6 is 0 Å². The van der Waals surface area contributed by atoms with Crippen LogP contribution in [0.15, 0.2) is 40.9 Å². The molecule has 1 aromatic carbocycles. The average molecular weight is 284 g/mol. The minimum atomic E-state index is 0.0230. The molecule has 1 fully saturated rings. The Bertz CT molecular complexity index is 586. The Morgan fingerprint density at radius 3 is 2.76 bits per heavy atom. The monoisotopic (exact) mass is 284 g/mol. The zero-order valence-corrected chi connectivity index (χ0v) is 12.0. The van der Waals surface area contributed by atoms with E-state index >= 15 is 0 Å². The minimum absolute atomic E-state index is 0.0230. The van der Waals surface area contributed by atoms with E-state index in [0.29, 0.717) is 17.4 Å². The molecule has 0 saturated heterocycles. The van der Waals surface area contributed by atoms with Crippen LogP contribution in [0.1, 0.15) is 31.4 Å². The van der Waals surface area contributed by atoms with Crippen molar-refractivity contribution in [3.63, 3.8) is 0 Å². The zero-order valence-electron chi connectivity index (χ0n) is 12.0. The minimum Gasteiger partial charge on any atom is -0.356 e. The summed E-state index contributed by atoms with van der Waals surface area (Å²) in [6.07, 6.45) is 5.35. The Balaban J connectivity index is 1.53. The summed E-state index contributed by atoms with van der Waals surface area (Å²) >= 11 is 0. The molecule has 1 aromatic heterocycles. The van der Waals surface area contributed by atoms with Crippen molar-refractivity contribution in [1.29, 1.82) is 0 Å². The molecule has 21 heavy (non-hydrogen) atoms. The molecular weight excluding hydrogens is 264 g/mol. The molecular formula is C17H20N2O2. The maximum atomic E-state index is 11.9. The molecule has 4 heteroatoms. The van der Waals surface area contributed by atoms with Gasteiger partial charge in [0.1, 0.15) is 0 Å². The van der Waals surface area contributed by atoms with Crippen LogP contribution in [0.2, 0.25) is 0 Å². The van der Waals surface area contributed by atoms with Gasteiger partial charge in [0.2, 0.25) is 5.91 Å². The van der Waals surface area contributed by atoms with Crippen LogP contribution in [0, 0.1) is 5.92 Å². The third-order valence-corrected chi connectivity index (χ3v) is 4.02. The molecule has 0 atom stereocenters. The summed E-state index contributed by atoms with van der Waals surface area (Å²) < 4.78 is 5.30. The van der Waals surface area contributed by atoms with Gasteiger partial charge in [-0.3, -0.25) is 4.79 Å². The van der Waals surface area contributed by atoms with Crippen LogP contribution < -0.4 is 5.32 Å². The predicted octanol–water partition coefficient (Wildman–Crippen LogP) is 3.19. The predicted molar refractivity (Wildman–Crippen MR) is 80.6 cm³/mol. The smallest absolute Gasteiger partial charge is 0.226 e. The first-order chi connectivity index (χ1) is 10.3. The van der Waals surface area contributed by atoms with E-state index in [-0.39, 0.29) is 12.3 Å². The first-order valence-electron chi connectivity index (χ1n) is 7.59. The number of hydrogen-bond donors (Lipinski definition) is 1. The number of benzene rings is 1. The molecule has 1 amide bonds. The van der Waals surface area contributed by atoms with Gasteiger partial charge in [0.15, 0.2) is 5.76 Å². The molecule has 0 radical (unpaired) electrons. The third kappa shape index (κ3) is 3.72. The van der Waals surface area contributed by atoms with E-state index < -0.39 is 0 Å². The Labute approximate surface area is 124 Å². The van der Waals surface area contributed by atoms with Gasteiger partial charge in [0, 0.05) is 18.2 Å². The van der Waals surface area contributed by atoms with Gasteiger partial charge in [0.25, 0.3) is 0 Å². The number of hydrogen-bond acceptors (Lipinski definition) is 3. The maximum absolute atomic E-state index is 11.9. The summed E-state index contributed by atoms with van der Waals surface area (Å²) in [5.74, 6) is 1.38. The Kier molecular flexibility index (Phi) is 4.34. The third-order valence-electron chi connectivity index (χ3n) is 4.02. The summed E-state index contributed by atoms with van der Waals surface area (Å²) in [7, 11) is 0.